The van der Waals surface area contributed by atoms with E-state index in [1.165, 1.54) is 31.4 Å². The maximum absolute atomic E-state index is 13.6. The molecule has 0 bridgehead atoms. The molecule has 0 heterocycles. The van der Waals surface area contributed by atoms with Crippen molar-refractivity contribution in [2.24, 2.45) is 0 Å². The molecule has 3 aromatic carbocycles. The fourth-order valence-electron chi connectivity index (χ4n) is 2.49. The number of methoxy groups -OCH3 is 1. The second kappa shape index (κ2) is 8.30. The summed E-state index contributed by atoms with van der Waals surface area (Å²) in [6, 6.07) is 15.6. The Morgan fingerprint density at radius 1 is 0.857 bits per heavy atom. The summed E-state index contributed by atoms with van der Waals surface area (Å²) < 4.78 is 37.4. The number of anilines is 1. The molecule has 142 valence electrons. The molecular formula is C21H15F2NO4. The van der Waals surface area contributed by atoms with E-state index in [2.05, 4.69) is 5.32 Å². The fraction of sp³-hybridized carbons (Fsp3) is 0.0476. The topological polar surface area (TPSA) is 64.6 Å². The molecule has 7 heteroatoms. The second-order valence-corrected chi connectivity index (χ2v) is 5.66. The summed E-state index contributed by atoms with van der Waals surface area (Å²) in [4.78, 5) is 24.3. The Bertz CT molecular complexity index is 999. The standard InChI is InChI=1S/C21H15F2NO4/c1-27-18-8-3-2-5-15(18)20(25)24-13-9-11-14(12-10-13)28-21(26)19-16(22)6-4-7-17(19)23/h2-12H,1H3,(H,24,25). The van der Waals surface area contributed by atoms with Crippen LogP contribution in [0, 0.1) is 11.6 Å². The quantitative estimate of drug-likeness (QED) is 0.522. The third-order valence-electron chi connectivity index (χ3n) is 3.84. The number of esters is 1. The van der Waals surface area contributed by atoms with Crippen LogP contribution in [0.25, 0.3) is 0 Å². The van der Waals surface area contributed by atoms with Crippen LogP contribution in [0.15, 0.2) is 66.7 Å². The molecule has 5 nitrogen and oxygen atoms in total. The van der Waals surface area contributed by atoms with Crippen molar-refractivity contribution in [3.05, 3.63) is 89.5 Å². The van der Waals surface area contributed by atoms with Crippen molar-refractivity contribution in [2.45, 2.75) is 0 Å². The Labute approximate surface area is 159 Å². The Balaban J connectivity index is 1.70. The molecule has 1 N–H and O–H groups in total. The van der Waals surface area contributed by atoms with E-state index in [4.69, 9.17) is 9.47 Å². The maximum atomic E-state index is 13.6. The van der Waals surface area contributed by atoms with Crippen molar-refractivity contribution in [2.75, 3.05) is 12.4 Å². The highest BCUT2D eigenvalue weighted by molar-refractivity contribution is 6.06. The summed E-state index contributed by atoms with van der Waals surface area (Å²) in [5.41, 5.74) is 0.0272. The van der Waals surface area contributed by atoms with Crippen molar-refractivity contribution < 1.29 is 27.8 Å². The number of halogens is 2. The van der Waals surface area contributed by atoms with Gasteiger partial charge < -0.3 is 14.8 Å². The first-order valence-corrected chi connectivity index (χ1v) is 8.20. The van der Waals surface area contributed by atoms with Crippen LogP contribution in [0.1, 0.15) is 20.7 Å². The highest BCUT2D eigenvalue weighted by Crippen LogP contribution is 2.22. The molecule has 0 aliphatic heterocycles. The minimum Gasteiger partial charge on any atom is -0.496 e. The molecule has 0 radical (unpaired) electrons. The smallest absolute Gasteiger partial charge is 0.349 e. The number of carbonyl (C=O) groups excluding carboxylic acids is 2. The van der Waals surface area contributed by atoms with Gasteiger partial charge in [-0.1, -0.05) is 18.2 Å². The monoisotopic (exact) mass is 383 g/mol. The van der Waals surface area contributed by atoms with Crippen LogP contribution in [-0.2, 0) is 0 Å². The van der Waals surface area contributed by atoms with E-state index in [-0.39, 0.29) is 11.7 Å². The van der Waals surface area contributed by atoms with Crippen molar-refractivity contribution in [3.63, 3.8) is 0 Å². The van der Waals surface area contributed by atoms with Crippen molar-refractivity contribution in [3.8, 4) is 11.5 Å². The van der Waals surface area contributed by atoms with Gasteiger partial charge in [0.1, 0.15) is 28.7 Å². The SMILES string of the molecule is COc1ccccc1C(=O)Nc1ccc(OC(=O)c2c(F)cccc2F)cc1. The van der Waals surface area contributed by atoms with Crippen molar-refractivity contribution >= 4 is 17.6 Å². The molecule has 0 unspecified atom stereocenters. The van der Waals surface area contributed by atoms with E-state index >= 15 is 0 Å². The minimum absolute atomic E-state index is 0.0722. The lowest BCUT2D eigenvalue weighted by atomic mass is 10.2. The lowest BCUT2D eigenvalue weighted by molar-refractivity contribution is 0.0724. The number of amides is 1. The maximum Gasteiger partial charge on any atom is 0.349 e. The van der Waals surface area contributed by atoms with Crippen LogP contribution < -0.4 is 14.8 Å². The third kappa shape index (κ3) is 4.15. The molecule has 0 aromatic heterocycles. The molecule has 1 amide bonds. The zero-order valence-electron chi connectivity index (χ0n) is 14.7. The zero-order valence-corrected chi connectivity index (χ0v) is 14.7. The first-order valence-electron chi connectivity index (χ1n) is 8.20. The summed E-state index contributed by atoms with van der Waals surface area (Å²) in [5.74, 6) is -3.05. The van der Waals surface area contributed by atoms with Gasteiger partial charge in [-0.25, -0.2) is 13.6 Å². The van der Waals surface area contributed by atoms with E-state index in [0.29, 0.717) is 17.0 Å². The van der Waals surface area contributed by atoms with Crippen LogP contribution >= 0.6 is 0 Å². The zero-order chi connectivity index (χ0) is 20.1. The second-order valence-electron chi connectivity index (χ2n) is 5.66. The highest BCUT2D eigenvalue weighted by atomic mass is 19.1. The average molecular weight is 383 g/mol. The molecule has 0 aliphatic carbocycles. The third-order valence-corrected chi connectivity index (χ3v) is 3.84. The van der Waals surface area contributed by atoms with E-state index in [1.54, 1.807) is 24.3 Å². The number of carbonyl (C=O) groups is 2. The van der Waals surface area contributed by atoms with Crippen LogP contribution in [0.3, 0.4) is 0 Å². The molecule has 3 aromatic rings. The van der Waals surface area contributed by atoms with Gasteiger partial charge in [-0.05, 0) is 48.5 Å². The normalized spacial score (nSPS) is 10.2. The van der Waals surface area contributed by atoms with Gasteiger partial charge in [0.25, 0.3) is 5.91 Å². The number of rotatable bonds is 5. The van der Waals surface area contributed by atoms with Gasteiger partial charge in [-0.3, -0.25) is 4.79 Å². The lowest BCUT2D eigenvalue weighted by Crippen LogP contribution is -2.14. The Hall–Kier alpha value is -3.74. The number of para-hydroxylation sites is 1. The summed E-state index contributed by atoms with van der Waals surface area (Å²) in [6.45, 7) is 0. The summed E-state index contributed by atoms with van der Waals surface area (Å²) in [7, 11) is 1.47. The van der Waals surface area contributed by atoms with Gasteiger partial charge in [0.2, 0.25) is 0 Å². The molecule has 0 spiro atoms. The van der Waals surface area contributed by atoms with E-state index in [1.807, 2.05) is 0 Å². The van der Waals surface area contributed by atoms with E-state index in [9.17, 15) is 18.4 Å². The van der Waals surface area contributed by atoms with Gasteiger partial charge in [0.05, 0.1) is 12.7 Å². The van der Waals surface area contributed by atoms with Crippen LogP contribution in [-0.4, -0.2) is 19.0 Å². The molecule has 0 aliphatic rings. The van der Waals surface area contributed by atoms with E-state index in [0.717, 1.165) is 18.2 Å². The largest absolute Gasteiger partial charge is 0.496 e. The Morgan fingerprint density at radius 3 is 2.14 bits per heavy atom. The van der Waals surface area contributed by atoms with Gasteiger partial charge in [0.15, 0.2) is 0 Å². The van der Waals surface area contributed by atoms with Gasteiger partial charge in [0, 0.05) is 5.69 Å². The predicted octanol–water partition coefficient (Wildman–Crippen LogP) is 4.44. The minimum atomic E-state index is -1.15. The van der Waals surface area contributed by atoms with Crippen LogP contribution in [0.4, 0.5) is 14.5 Å². The number of ether oxygens (including phenoxy) is 2. The number of hydrogen-bond donors (Lipinski definition) is 1. The van der Waals surface area contributed by atoms with Crippen molar-refractivity contribution in [1.82, 2.24) is 0 Å². The summed E-state index contributed by atoms with van der Waals surface area (Å²) in [5, 5.41) is 2.68. The predicted molar refractivity (Wildman–Crippen MR) is 98.7 cm³/mol. The summed E-state index contributed by atoms with van der Waals surface area (Å²) in [6.07, 6.45) is 0. The Kier molecular flexibility index (Phi) is 5.64. The number of nitrogens with one attached hydrogen (secondary N) is 1. The average Bonchev–Trinajstić information content (AvgIpc) is 2.69. The molecular weight excluding hydrogens is 368 g/mol. The van der Waals surface area contributed by atoms with Gasteiger partial charge in [-0.15, -0.1) is 0 Å². The molecule has 0 fully saturated rings. The number of hydrogen-bond acceptors (Lipinski definition) is 4. The van der Waals surface area contributed by atoms with Crippen LogP contribution in [0.2, 0.25) is 0 Å². The van der Waals surface area contributed by atoms with Crippen molar-refractivity contribution in [1.29, 1.82) is 0 Å². The highest BCUT2D eigenvalue weighted by Gasteiger charge is 2.19. The summed E-state index contributed by atoms with van der Waals surface area (Å²) >= 11 is 0. The number of benzene rings is 3. The first-order chi connectivity index (χ1) is 13.5. The van der Waals surface area contributed by atoms with Crippen LogP contribution in [0.5, 0.6) is 11.5 Å². The fourth-order valence-corrected chi connectivity index (χ4v) is 2.49. The van der Waals surface area contributed by atoms with Gasteiger partial charge >= 0.3 is 5.97 Å². The van der Waals surface area contributed by atoms with E-state index < -0.39 is 23.2 Å². The van der Waals surface area contributed by atoms with Gasteiger partial charge in [-0.2, -0.15) is 0 Å². The molecule has 28 heavy (non-hydrogen) atoms. The molecule has 0 atom stereocenters. The molecule has 0 saturated carbocycles. The first kappa shape index (κ1) is 19.0. The molecule has 0 saturated heterocycles. The lowest BCUT2D eigenvalue weighted by Gasteiger charge is -2.10. The molecule has 3 rings (SSSR count). The Morgan fingerprint density at radius 2 is 1.50 bits per heavy atom.